The van der Waals surface area contributed by atoms with Crippen LogP contribution in [-0.2, 0) is 4.79 Å². The zero-order valence-electron chi connectivity index (χ0n) is 21.7. The van der Waals surface area contributed by atoms with E-state index in [0.717, 1.165) is 36.9 Å². The first kappa shape index (κ1) is 27.0. The van der Waals surface area contributed by atoms with Gasteiger partial charge in [0.1, 0.15) is 0 Å². The van der Waals surface area contributed by atoms with E-state index in [0.29, 0.717) is 48.3 Å². The number of carbonyl (C=O) groups is 2. The van der Waals surface area contributed by atoms with Crippen LogP contribution in [0.1, 0.15) is 75.7 Å². The summed E-state index contributed by atoms with van der Waals surface area (Å²) in [7, 11) is 0. The predicted molar refractivity (Wildman–Crippen MR) is 141 cm³/mol. The van der Waals surface area contributed by atoms with Crippen molar-refractivity contribution in [2.45, 2.75) is 59.8 Å². The predicted octanol–water partition coefficient (Wildman–Crippen LogP) is 5.56. The summed E-state index contributed by atoms with van der Waals surface area (Å²) in [6.07, 6.45) is 5.38. The average molecular weight is 496 g/mol. The SMILES string of the molecule is CCOc1cc(C(=O)N/N=C(/C)c2ccc(NC(=O)C3CCCCC3)cc2)cc(OCC)c1OCC. The molecule has 0 spiro atoms. The minimum atomic E-state index is -0.393. The van der Waals surface area contributed by atoms with E-state index < -0.39 is 5.91 Å². The molecule has 0 bridgehead atoms. The Morgan fingerprint density at radius 2 is 1.44 bits per heavy atom. The Morgan fingerprint density at radius 3 is 2.00 bits per heavy atom. The van der Waals surface area contributed by atoms with Crippen molar-refractivity contribution < 1.29 is 23.8 Å². The van der Waals surface area contributed by atoms with E-state index in [2.05, 4.69) is 15.8 Å². The molecule has 2 N–H and O–H groups in total. The molecule has 3 rings (SSSR count). The van der Waals surface area contributed by atoms with Crippen molar-refractivity contribution >= 4 is 23.2 Å². The van der Waals surface area contributed by atoms with Crippen LogP contribution in [0.3, 0.4) is 0 Å². The first-order chi connectivity index (χ1) is 17.5. The summed E-state index contributed by atoms with van der Waals surface area (Å²) in [5.41, 5.74) is 5.18. The van der Waals surface area contributed by atoms with Gasteiger partial charge in [-0.2, -0.15) is 5.10 Å². The Kier molecular flexibility index (Phi) is 10.2. The van der Waals surface area contributed by atoms with E-state index in [9.17, 15) is 9.59 Å². The highest BCUT2D eigenvalue weighted by atomic mass is 16.5. The van der Waals surface area contributed by atoms with Gasteiger partial charge in [-0.05, 0) is 70.4 Å². The second kappa shape index (κ2) is 13.5. The molecule has 0 saturated heterocycles. The molecule has 36 heavy (non-hydrogen) atoms. The fourth-order valence-corrected chi connectivity index (χ4v) is 4.19. The van der Waals surface area contributed by atoms with Crippen molar-refractivity contribution in [1.82, 2.24) is 5.43 Å². The van der Waals surface area contributed by atoms with E-state index in [1.165, 1.54) is 6.42 Å². The second-order valence-electron chi connectivity index (χ2n) is 8.64. The first-order valence-electron chi connectivity index (χ1n) is 12.8. The molecule has 0 radical (unpaired) electrons. The summed E-state index contributed by atoms with van der Waals surface area (Å²) in [4.78, 5) is 25.3. The van der Waals surface area contributed by atoms with Crippen LogP contribution in [0.5, 0.6) is 17.2 Å². The van der Waals surface area contributed by atoms with Crippen LogP contribution in [0.25, 0.3) is 0 Å². The molecule has 8 nitrogen and oxygen atoms in total. The van der Waals surface area contributed by atoms with Crippen molar-refractivity contribution in [2.24, 2.45) is 11.0 Å². The molecule has 0 heterocycles. The van der Waals surface area contributed by atoms with E-state index in [-0.39, 0.29) is 11.8 Å². The zero-order chi connectivity index (χ0) is 25.9. The molecule has 0 aliphatic heterocycles. The lowest BCUT2D eigenvalue weighted by atomic mass is 9.88. The molecular weight excluding hydrogens is 458 g/mol. The highest BCUT2D eigenvalue weighted by molar-refractivity contribution is 6.01. The maximum absolute atomic E-state index is 12.9. The number of benzene rings is 2. The van der Waals surface area contributed by atoms with Gasteiger partial charge in [0.15, 0.2) is 11.5 Å². The Bertz CT molecular complexity index is 1030. The maximum atomic E-state index is 12.9. The van der Waals surface area contributed by atoms with Crippen LogP contribution in [0.2, 0.25) is 0 Å². The number of nitrogens with zero attached hydrogens (tertiary/aromatic N) is 1. The largest absolute Gasteiger partial charge is 0.490 e. The lowest BCUT2D eigenvalue weighted by Crippen LogP contribution is -2.24. The molecule has 2 aromatic carbocycles. The van der Waals surface area contributed by atoms with Crippen LogP contribution < -0.4 is 25.0 Å². The number of anilines is 1. The van der Waals surface area contributed by atoms with Crippen LogP contribution in [-0.4, -0.2) is 37.3 Å². The number of carbonyl (C=O) groups excluding carboxylic acids is 2. The Morgan fingerprint density at radius 1 is 0.861 bits per heavy atom. The maximum Gasteiger partial charge on any atom is 0.271 e. The van der Waals surface area contributed by atoms with Crippen molar-refractivity contribution in [1.29, 1.82) is 0 Å². The van der Waals surface area contributed by atoms with Crippen LogP contribution >= 0.6 is 0 Å². The highest BCUT2D eigenvalue weighted by Crippen LogP contribution is 2.39. The van der Waals surface area contributed by atoms with E-state index >= 15 is 0 Å². The molecule has 1 aliphatic rings. The van der Waals surface area contributed by atoms with Gasteiger partial charge in [0.25, 0.3) is 5.91 Å². The summed E-state index contributed by atoms with van der Waals surface area (Å²) in [5.74, 6) is 1.17. The summed E-state index contributed by atoms with van der Waals surface area (Å²) in [5, 5.41) is 7.27. The third-order valence-corrected chi connectivity index (χ3v) is 6.04. The quantitative estimate of drug-likeness (QED) is 0.314. The number of hydrogen-bond acceptors (Lipinski definition) is 6. The minimum absolute atomic E-state index is 0.0910. The van der Waals surface area contributed by atoms with Gasteiger partial charge < -0.3 is 19.5 Å². The van der Waals surface area contributed by atoms with Gasteiger partial charge in [0, 0.05) is 17.2 Å². The van der Waals surface area contributed by atoms with Gasteiger partial charge in [-0.1, -0.05) is 31.4 Å². The molecule has 1 saturated carbocycles. The van der Waals surface area contributed by atoms with Crippen molar-refractivity contribution in [3.63, 3.8) is 0 Å². The van der Waals surface area contributed by atoms with Gasteiger partial charge in [-0.25, -0.2) is 5.43 Å². The normalized spacial score (nSPS) is 14.2. The van der Waals surface area contributed by atoms with Gasteiger partial charge in [-0.3, -0.25) is 9.59 Å². The molecule has 0 atom stereocenters. The number of ether oxygens (including phenoxy) is 3. The molecule has 8 heteroatoms. The van der Waals surface area contributed by atoms with Crippen molar-refractivity contribution in [2.75, 3.05) is 25.1 Å². The van der Waals surface area contributed by atoms with Crippen LogP contribution in [0.4, 0.5) is 5.69 Å². The van der Waals surface area contributed by atoms with Gasteiger partial charge >= 0.3 is 0 Å². The van der Waals surface area contributed by atoms with Crippen molar-refractivity contribution in [3.8, 4) is 17.2 Å². The highest BCUT2D eigenvalue weighted by Gasteiger charge is 2.21. The number of nitrogens with one attached hydrogen (secondary N) is 2. The Hall–Kier alpha value is -3.55. The molecule has 1 aliphatic carbocycles. The fourth-order valence-electron chi connectivity index (χ4n) is 4.19. The molecule has 0 aromatic heterocycles. The zero-order valence-corrected chi connectivity index (χ0v) is 21.7. The van der Waals surface area contributed by atoms with Gasteiger partial charge in [-0.15, -0.1) is 0 Å². The average Bonchev–Trinajstić information content (AvgIpc) is 2.90. The summed E-state index contributed by atoms with van der Waals surface area (Å²) in [6, 6.07) is 10.7. The van der Waals surface area contributed by atoms with E-state index in [1.54, 1.807) is 12.1 Å². The molecular formula is C28H37N3O5. The summed E-state index contributed by atoms with van der Waals surface area (Å²) < 4.78 is 17.1. The topological polar surface area (TPSA) is 98.2 Å². The monoisotopic (exact) mass is 495 g/mol. The lowest BCUT2D eigenvalue weighted by Gasteiger charge is -2.20. The molecule has 194 valence electrons. The number of hydrogen-bond donors (Lipinski definition) is 2. The summed E-state index contributed by atoms with van der Waals surface area (Å²) in [6.45, 7) is 8.70. The fraction of sp³-hybridized carbons (Fsp3) is 0.464. The molecule has 1 fully saturated rings. The van der Waals surface area contributed by atoms with Crippen LogP contribution in [0, 0.1) is 5.92 Å². The molecule has 2 aromatic rings. The first-order valence-corrected chi connectivity index (χ1v) is 12.8. The molecule has 2 amide bonds. The Balaban J connectivity index is 1.68. The van der Waals surface area contributed by atoms with Gasteiger partial charge in [0.2, 0.25) is 11.7 Å². The van der Waals surface area contributed by atoms with Gasteiger partial charge in [0.05, 0.1) is 25.5 Å². The van der Waals surface area contributed by atoms with E-state index in [1.807, 2.05) is 52.0 Å². The third kappa shape index (κ3) is 7.23. The number of rotatable bonds is 11. The summed E-state index contributed by atoms with van der Waals surface area (Å²) >= 11 is 0. The smallest absolute Gasteiger partial charge is 0.271 e. The lowest BCUT2D eigenvalue weighted by molar-refractivity contribution is -0.120. The number of hydrazone groups is 1. The van der Waals surface area contributed by atoms with Crippen molar-refractivity contribution in [3.05, 3.63) is 47.5 Å². The molecule has 0 unspecified atom stereocenters. The standard InChI is InChI=1S/C28H37N3O5/c1-5-34-24-17-22(18-25(35-6-2)26(24)36-7-3)28(33)31-30-19(4)20-13-15-23(16-14-20)29-27(32)21-11-9-8-10-12-21/h13-18,21H,5-12H2,1-4H3,(H,29,32)(H,31,33)/b30-19-. The number of amides is 2. The second-order valence-corrected chi connectivity index (χ2v) is 8.64. The van der Waals surface area contributed by atoms with Crippen LogP contribution in [0.15, 0.2) is 41.5 Å². The van der Waals surface area contributed by atoms with E-state index in [4.69, 9.17) is 14.2 Å². The minimum Gasteiger partial charge on any atom is -0.490 e. The Labute approximate surface area is 213 Å². The third-order valence-electron chi connectivity index (χ3n) is 6.04.